The van der Waals surface area contributed by atoms with Crippen molar-refractivity contribution in [3.63, 3.8) is 0 Å². The summed E-state index contributed by atoms with van der Waals surface area (Å²) >= 11 is 5.97. The van der Waals surface area contributed by atoms with Gasteiger partial charge in [0.2, 0.25) is 11.8 Å². The van der Waals surface area contributed by atoms with E-state index in [0.717, 1.165) is 10.4 Å². The molecule has 1 N–H and O–H groups in total. The molecule has 2 aromatic rings. The summed E-state index contributed by atoms with van der Waals surface area (Å²) in [4.78, 5) is 27.6. The average Bonchev–Trinajstić information content (AvgIpc) is 2.79. The fourth-order valence-corrected chi connectivity index (χ4v) is 4.54. The molecular formula is C23H30ClFN4O4S. The van der Waals surface area contributed by atoms with Gasteiger partial charge in [0, 0.05) is 32.2 Å². The third-order valence-corrected chi connectivity index (χ3v) is 7.20. The number of anilines is 1. The van der Waals surface area contributed by atoms with Crippen molar-refractivity contribution in [3.05, 3.63) is 64.9 Å². The Morgan fingerprint density at radius 3 is 2.21 bits per heavy atom. The number of carbonyl (C=O) groups excluding carboxylic acids is 2. The van der Waals surface area contributed by atoms with Crippen LogP contribution in [0.3, 0.4) is 0 Å². The highest BCUT2D eigenvalue weighted by Crippen LogP contribution is 2.24. The first-order chi connectivity index (χ1) is 16.0. The van der Waals surface area contributed by atoms with Gasteiger partial charge in [0.25, 0.3) is 0 Å². The standard InChI is InChI=1S/C23H30ClFN4O4S/c1-5-20(23(31)26-6-2)28(15-17-11-13-18(24)14-12-17)22(30)16-29(34(32,33)27(3)4)21-10-8-7-9-19(21)25/h7-14,20H,5-6,15-16H2,1-4H3,(H,26,31)/t20-/m1/s1. The highest BCUT2D eigenvalue weighted by Gasteiger charge is 2.34. The number of hydrogen-bond donors (Lipinski definition) is 1. The van der Waals surface area contributed by atoms with Crippen LogP contribution >= 0.6 is 11.6 Å². The molecule has 0 bridgehead atoms. The second kappa shape index (κ2) is 12.1. The lowest BCUT2D eigenvalue weighted by atomic mass is 10.1. The van der Waals surface area contributed by atoms with Gasteiger partial charge in [-0.05, 0) is 43.2 Å². The third-order valence-electron chi connectivity index (χ3n) is 5.14. The summed E-state index contributed by atoms with van der Waals surface area (Å²) in [6.45, 7) is 3.24. The van der Waals surface area contributed by atoms with Crippen LogP contribution in [0.2, 0.25) is 5.02 Å². The highest BCUT2D eigenvalue weighted by atomic mass is 35.5. The van der Waals surface area contributed by atoms with Crippen LogP contribution < -0.4 is 9.62 Å². The quantitative estimate of drug-likeness (QED) is 0.501. The van der Waals surface area contributed by atoms with Gasteiger partial charge in [0.1, 0.15) is 18.4 Å². The summed E-state index contributed by atoms with van der Waals surface area (Å²) in [7, 11) is -1.63. The summed E-state index contributed by atoms with van der Waals surface area (Å²) in [5.41, 5.74) is 0.440. The van der Waals surface area contributed by atoms with Crippen molar-refractivity contribution in [2.75, 3.05) is 31.5 Å². The normalized spacial score (nSPS) is 12.3. The van der Waals surface area contributed by atoms with Crippen molar-refractivity contribution in [1.82, 2.24) is 14.5 Å². The molecule has 0 aliphatic heterocycles. The molecule has 0 unspecified atom stereocenters. The van der Waals surface area contributed by atoms with E-state index >= 15 is 0 Å². The van der Waals surface area contributed by atoms with E-state index < -0.39 is 34.5 Å². The lowest BCUT2D eigenvalue weighted by molar-refractivity contribution is -0.140. The van der Waals surface area contributed by atoms with Crippen LogP contribution in [0, 0.1) is 5.82 Å². The number of para-hydroxylation sites is 1. The first-order valence-corrected chi connectivity index (χ1v) is 12.6. The molecule has 0 radical (unpaired) electrons. The maximum atomic E-state index is 14.6. The van der Waals surface area contributed by atoms with Gasteiger partial charge in [0.15, 0.2) is 0 Å². The summed E-state index contributed by atoms with van der Waals surface area (Å²) < 4.78 is 42.3. The van der Waals surface area contributed by atoms with Crippen LogP contribution in [0.1, 0.15) is 25.8 Å². The minimum Gasteiger partial charge on any atom is -0.355 e. The van der Waals surface area contributed by atoms with Crippen molar-refractivity contribution >= 4 is 39.3 Å². The second-order valence-corrected chi connectivity index (χ2v) is 10.2. The van der Waals surface area contributed by atoms with Gasteiger partial charge >= 0.3 is 10.2 Å². The Bertz CT molecular complexity index is 1100. The minimum absolute atomic E-state index is 0.0404. The van der Waals surface area contributed by atoms with Gasteiger partial charge in [-0.2, -0.15) is 12.7 Å². The topological polar surface area (TPSA) is 90.0 Å². The van der Waals surface area contributed by atoms with E-state index in [1.807, 2.05) is 0 Å². The third kappa shape index (κ3) is 6.68. The number of nitrogens with zero attached hydrogens (tertiary/aromatic N) is 3. The molecule has 0 aromatic heterocycles. The molecule has 0 aliphatic carbocycles. The van der Waals surface area contributed by atoms with E-state index in [4.69, 9.17) is 11.6 Å². The number of benzene rings is 2. The molecule has 0 heterocycles. The van der Waals surface area contributed by atoms with Crippen LogP contribution in [0.25, 0.3) is 0 Å². The molecule has 34 heavy (non-hydrogen) atoms. The lowest BCUT2D eigenvalue weighted by Gasteiger charge is -2.33. The molecular weight excluding hydrogens is 483 g/mol. The predicted octanol–water partition coefficient (Wildman–Crippen LogP) is 3.04. The van der Waals surface area contributed by atoms with Gasteiger partial charge in [-0.25, -0.2) is 8.70 Å². The van der Waals surface area contributed by atoms with Crippen LogP contribution in [0.5, 0.6) is 0 Å². The van der Waals surface area contributed by atoms with E-state index in [1.165, 1.54) is 37.2 Å². The average molecular weight is 513 g/mol. The van der Waals surface area contributed by atoms with E-state index in [1.54, 1.807) is 38.1 Å². The zero-order chi connectivity index (χ0) is 25.5. The van der Waals surface area contributed by atoms with Gasteiger partial charge < -0.3 is 10.2 Å². The molecule has 186 valence electrons. The van der Waals surface area contributed by atoms with Crippen molar-refractivity contribution in [1.29, 1.82) is 0 Å². The number of rotatable bonds is 11. The molecule has 8 nitrogen and oxygen atoms in total. The highest BCUT2D eigenvalue weighted by molar-refractivity contribution is 7.90. The molecule has 2 rings (SSSR count). The fraction of sp³-hybridized carbons (Fsp3) is 0.391. The Morgan fingerprint density at radius 1 is 1.06 bits per heavy atom. The zero-order valence-electron chi connectivity index (χ0n) is 19.7. The Labute approximate surface area is 205 Å². The van der Waals surface area contributed by atoms with E-state index in [9.17, 15) is 22.4 Å². The van der Waals surface area contributed by atoms with E-state index in [0.29, 0.717) is 27.9 Å². The minimum atomic E-state index is -4.22. The first-order valence-electron chi connectivity index (χ1n) is 10.8. The molecule has 1 atom stereocenters. The maximum Gasteiger partial charge on any atom is 0.304 e. The molecule has 0 spiro atoms. The van der Waals surface area contributed by atoms with Crippen molar-refractivity contribution in [2.45, 2.75) is 32.9 Å². The molecule has 0 saturated carbocycles. The smallest absolute Gasteiger partial charge is 0.304 e. The van der Waals surface area contributed by atoms with Crippen LogP contribution in [-0.2, 0) is 26.3 Å². The number of amides is 2. The zero-order valence-corrected chi connectivity index (χ0v) is 21.2. The van der Waals surface area contributed by atoms with Crippen molar-refractivity contribution in [2.24, 2.45) is 0 Å². The number of halogens is 2. The largest absolute Gasteiger partial charge is 0.355 e. The van der Waals surface area contributed by atoms with Crippen molar-refractivity contribution in [3.8, 4) is 0 Å². The lowest BCUT2D eigenvalue weighted by Crippen LogP contribution is -2.53. The van der Waals surface area contributed by atoms with Crippen LogP contribution in [-0.4, -0.2) is 62.7 Å². The van der Waals surface area contributed by atoms with Gasteiger partial charge in [-0.3, -0.25) is 9.59 Å². The number of carbonyl (C=O) groups is 2. The van der Waals surface area contributed by atoms with Gasteiger partial charge in [0.05, 0.1) is 5.69 Å². The summed E-state index contributed by atoms with van der Waals surface area (Å²) in [5.74, 6) is -1.80. The van der Waals surface area contributed by atoms with E-state index in [-0.39, 0.29) is 18.1 Å². The second-order valence-electron chi connectivity index (χ2n) is 7.71. The van der Waals surface area contributed by atoms with Crippen molar-refractivity contribution < 1.29 is 22.4 Å². The van der Waals surface area contributed by atoms with Gasteiger partial charge in [-0.1, -0.05) is 42.8 Å². The Morgan fingerprint density at radius 2 is 1.68 bits per heavy atom. The number of hydrogen-bond acceptors (Lipinski definition) is 4. The molecule has 0 aliphatic rings. The molecule has 2 amide bonds. The Balaban J connectivity index is 2.50. The number of likely N-dealkylation sites (N-methyl/N-ethyl adjacent to an activating group) is 1. The summed E-state index contributed by atoms with van der Waals surface area (Å²) in [5, 5.41) is 3.23. The SMILES string of the molecule is CCNC(=O)[C@@H](CC)N(Cc1ccc(Cl)cc1)C(=O)CN(c1ccccc1F)S(=O)(=O)N(C)C. The first kappa shape index (κ1) is 27.6. The molecule has 0 fully saturated rings. The van der Waals surface area contributed by atoms with E-state index in [2.05, 4.69) is 5.32 Å². The number of nitrogens with one attached hydrogen (secondary N) is 1. The maximum absolute atomic E-state index is 14.6. The molecule has 11 heteroatoms. The van der Waals surface area contributed by atoms with Crippen LogP contribution in [0.4, 0.5) is 10.1 Å². The Hall–Kier alpha value is -2.69. The predicted molar refractivity (Wildman–Crippen MR) is 131 cm³/mol. The Kier molecular flexibility index (Phi) is 9.84. The molecule has 0 saturated heterocycles. The van der Waals surface area contributed by atoms with Gasteiger partial charge in [-0.15, -0.1) is 0 Å². The van der Waals surface area contributed by atoms with Crippen LogP contribution in [0.15, 0.2) is 48.5 Å². The summed E-state index contributed by atoms with van der Waals surface area (Å²) in [6.07, 6.45) is 0.297. The monoisotopic (exact) mass is 512 g/mol. The fourth-order valence-electron chi connectivity index (χ4n) is 3.35. The summed E-state index contributed by atoms with van der Waals surface area (Å²) in [6, 6.07) is 11.2. The molecule has 2 aromatic carbocycles.